The monoisotopic (exact) mass is 640 g/mol. The standard InChI is InChI=1S/C45H28N4O/c1-5-15-29(16-6-1)35-25-32(45-47-43(30-17-7-2-8-18-30)46-44(48-45)31-19-9-3-10-20-31)26-41-42(35)37-27-39-36(28-40(37)50-41)34-23-13-14-24-38(34)49(39)33-21-11-4-12-22-33/h1-28H. The van der Waals surface area contributed by atoms with Crippen molar-refractivity contribution in [1.82, 2.24) is 19.5 Å². The Balaban J connectivity index is 1.27. The van der Waals surface area contributed by atoms with Crippen LogP contribution in [0.3, 0.4) is 0 Å². The lowest BCUT2D eigenvalue weighted by molar-refractivity contribution is 0.669. The largest absolute Gasteiger partial charge is 0.456 e. The van der Waals surface area contributed by atoms with E-state index in [4.69, 9.17) is 19.4 Å². The van der Waals surface area contributed by atoms with Crippen molar-refractivity contribution >= 4 is 43.7 Å². The van der Waals surface area contributed by atoms with E-state index in [1.54, 1.807) is 0 Å². The minimum atomic E-state index is 0.587. The van der Waals surface area contributed by atoms with E-state index in [1.807, 2.05) is 66.7 Å². The number of hydrogen-bond acceptors (Lipinski definition) is 4. The molecular weight excluding hydrogens is 613 g/mol. The van der Waals surface area contributed by atoms with E-state index < -0.39 is 0 Å². The van der Waals surface area contributed by atoms with Gasteiger partial charge in [0.2, 0.25) is 0 Å². The Bertz CT molecular complexity index is 2780. The number of benzene rings is 7. The third-order valence-corrected chi connectivity index (χ3v) is 9.42. The molecule has 50 heavy (non-hydrogen) atoms. The molecule has 0 spiro atoms. The van der Waals surface area contributed by atoms with Crippen molar-refractivity contribution in [3.63, 3.8) is 0 Å². The van der Waals surface area contributed by atoms with Crippen molar-refractivity contribution in [2.75, 3.05) is 0 Å². The molecule has 0 unspecified atom stereocenters. The maximum Gasteiger partial charge on any atom is 0.164 e. The van der Waals surface area contributed by atoms with Gasteiger partial charge in [0.1, 0.15) is 11.2 Å². The molecule has 0 bridgehead atoms. The molecule has 5 nitrogen and oxygen atoms in total. The van der Waals surface area contributed by atoms with E-state index >= 15 is 0 Å². The minimum absolute atomic E-state index is 0.587. The molecule has 0 atom stereocenters. The predicted molar refractivity (Wildman–Crippen MR) is 203 cm³/mol. The zero-order chi connectivity index (χ0) is 33.0. The summed E-state index contributed by atoms with van der Waals surface area (Å²) in [5.74, 6) is 1.83. The number of aromatic nitrogens is 4. The first-order valence-corrected chi connectivity index (χ1v) is 16.7. The third-order valence-electron chi connectivity index (χ3n) is 9.42. The van der Waals surface area contributed by atoms with Gasteiger partial charge in [0, 0.05) is 43.9 Å². The molecule has 0 amide bonds. The molecule has 10 rings (SSSR count). The van der Waals surface area contributed by atoms with Crippen LogP contribution < -0.4 is 0 Å². The smallest absolute Gasteiger partial charge is 0.164 e. The maximum absolute atomic E-state index is 6.80. The molecule has 0 saturated heterocycles. The number of nitrogens with zero attached hydrogens (tertiary/aromatic N) is 4. The summed E-state index contributed by atoms with van der Waals surface area (Å²) in [5, 5.41) is 4.45. The van der Waals surface area contributed by atoms with Crippen LogP contribution in [0.2, 0.25) is 0 Å². The molecule has 0 aliphatic carbocycles. The molecule has 5 heteroatoms. The third kappa shape index (κ3) is 4.60. The first-order chi connectivity index (χ1) is 24.8. The maximum atomic E-state index is 6.80. The fourth-order valence-electron chi connectivity index (χ4n) is 7.13. The van der Waals surface area contributed by atoms with Gasteiger partial charge in [-0.05, 0) is 53.6 Å². The topological polar surface area (TPSA) is 56.7 Å². The van der Waals surface area contributed by atoms with Crippen molar-refractivity contribution < 1.29 is 4.42 Å². The Morgan fingerprint density at radius 2 is 0.920 bits per heavy atom. The Labute approximate surface area is 287 Å². The summed E-state index contributed by atoms with van der Waals surface area (Å²) >= 11 is 0. The number of furan rings is 1. The molecule has 0 fully saturated rings. The van der Waals surface area contributed by atoms with Gasteiger partial charge in [-0.3, -0.25) is 0 Å². The highest BCUT2D eigenvalue weighted by molar-refractivity contribution is 6.20. The van der Waals surface area contributed by atoms with E-state index in [1.165, 1.54) is 5.39 Å². The zero-order valence-corrected chi connectivity index (χ0v) is 26.9. The van der Waals surface area contributed by atoms with Crippen LogP contribution in [0.15, 0.2) is 174 Å². The Morgan fingerprint density at radius 3 is 1.56 bits per heavy atom. The summed E-state index contributed by atoms with van der Waals surface area (Å²) in [6.45, 7) is 0. The lowest BCUT2D eigenvalue weighted by atomic mass is 9.96. The van der Waals surface area contributed by atoms with Crippen LogP contribution in [0.25, 0.3) is 94.7 Å². The van der Waals surface area contributed by atoms with Crippen LogP contribution in [0.4, 0.5) is 0 Å². The first kappa shape index (κ1) is 28.2. The van der Waals surface area contributed by atoms with Crippen LogP contribution in [-0.4, -0.2) is 19.5 Å². The number of para-hydroxylation sites is 2. The van der Waals surface area contributed by atoms with Gasteiger partial charge in [-0.15, -0.1) is 0 Å². The number of fused-ring (bicyclic) bond motifs is 6. The molecule has 234 valence electrons. The van der Waals surface area contributed by atoms with Gasteiger partial charge in [-0.25, -0.2) is 15.0 Å². The van der Waals surface area contributed by atoms with E-state index in [-0.39, 0.29) is 0 Å². The summed E-state index contributed by atoms with van der Waals surface area (Å²) in [6, 6.07) is 58.5. The summed E-state index contributed by atoms with van der Waals surface area (Å²) in [5.41, 5.74) is 9.89. The van der Waals surface area contributed by atoms with Crippen LogP contribution in [-0.2, 0) is 0 Å². The summed E-state index contributed by atoms with van der Waals surface area (Å²) < 4.78 is 9.15. The molecule has 0 aliphatic rings. The van der Waals surface area contributed by atoms with Crippen molar-refractivity contribution in [3.8, 4) is 51.0 Å². The molecule has 3 aromatic heterocycles. The molecule has 0 aliphatic heterocycles. The first-order valence-electron chi connectivity index (χ1n) is 16.7. The highest BCUT2D eigenvalue weighted by Crippen LogP contribution is 2.43. The fourth-order valence-corrected chi connectivity index (χ4v) is 7.13. The van der Waals surface area contributed by atoms with Crippen LogP contribution in [0, 0.1) is 0 Å². The fraction of sp³-hybridized carbons (Fsp3) is 0. The molecule has 10 aromatic rings. The number of rotatable bonds is 5. The molecular formula is C45H28N4O. The average molecular weight is 641 g/mol. The molecule has 3 heterocycles. The molecule has 0 radical (unpaired) electrons. The quantitative estimate of drug-likeness (QED) is 0.188. The molecule has 7 aromatic carbocycles. The Hall–Kier alpha value is -6.85. The van der Waals surface area contributed by atoms with Gasteiger partial charge in [0.15, 0.2) is 17.5 Å². The second kappa shape index (κ2) is 11.4. The normalized spacial score (nSPS) is 11.6. The second-order valence-electron chi connectivity index (χ2n) is 12.5. The predicted octanol–water partition coefficient (Wildman–Crippen LogP) is 11.5. The van der Waals surface area contributed by atoms with Crippen molar-refractivity contribution in [2.45, 2.75) is 0 Å². The molecule has 0 N–H and O–H groups in total. The van der Waals surface area contributed by atoms with Crippen molar-refractivity contribution in [1.29, 1.82) is 0 Å². The van der Waals surface area contributed by atoms with Gasteiger partial charge in [0.05, 0.1) is 11.0 Å². The lowest BCUT2D eigenvalue weighted by Crippen LogP contribution is -2.00. The Morgan fingerprint density at radius 1 is 0.380 bits per heavy atom. The average Bonchev–Trinajstić information content (AvgIpc) is 3.72. The highest BCUT2D eigenvalue weighted by atomic mass is 16.3. The highest BCUT2D eigenvalue weighted by Gasteiger charge is 2.21. The molecule has 0 saturated carbocycles. The minimum Gasteiger partial charge on any atom is -0.456 e. The van der Waals surface area contributed by atoms with Gasteiger partial charge in [-0.2, -0.15) is 0 Å². The van der Waals surface area contributed by atoms with Crippen LogP contribution in [0.1, 0.15) is 0 Å². The van der Waals surface area contributed by atoms with E-state index in [0.717, 1.165) is 71.9 Å². The number of hydrogen-bond donors (Lipinski definition) is 0. The van der Waals surface area contributed by atoms with E-state index in [0.29, 0.717) is 17.5 Å². The van der Waals surface area contributed by atoms with Crippen molar-refractivity contribution in [2.24, 2.45) is 0 Å². The summed E-state index contributed by atoms with van der Waals surface area (Å²) in [7, 11) is 0. The zero-order valence-electron chi connectivity index (χ0n) is 26.9. The van der Waals surface area contributed by atoms with Crippen LogP contribution in [0.5, 0.6) is 0 Å². The summed E-state index contributed by atoms with van der Waals surface area (Å²) in [6.07, 6.45) is 0. The van der Waals surface area contributed by atoms with Crippen molar-refractivity contribution in [3.05, 3.63) is 170 Å². The van der Waals surface area contributed by atoms with Gasteiger partial charge < -0.3 is 8.98 Å². The Kier molecular flexibility index (Phi) is 6.42. The SMILES string of the molecule is c1ccc(-c2nc(-c3ccccc3)nc(-c3cc(-c4ccccc4)c4c(c3)oc3cc5c6ccccc6n(-c6ccccc6)c5cc34)n2)cc1. The van der Waals surface area contributed by atoms with Crippen LogP contribution >= 0.6 is 0 Å². The van der Waals surface area contributed by atoms with Gasteiger partial charge >= 0.3 is 0 Å². The second-order valence-corrected chi connectivity index (χ2v) is 12.5. The van der Waals surface area contributed by atoms with Gasteiger partial charge in [-0.1, -0.05) is 127 Å². The van der Waals surface area contributed by atoms with E-state index in [9.17, 15) is 0 Å². The summed E-state index contributed by atoms with van der Waals surface area (Å²) in [4.78, 5) is 15.0. The van der Waals surface area contributed by atoms with E-state index in [2.05, 4.69) is 108 Å². The lowest BCUT2D eigenvalue weighted by Gasteiger charge is -2.11. The van der Waals surface area contributed by atoms with Gasteiger partial charge in [0.25, 0.3) is 0 Å².